The van der Waals surface area contributed by atoms with E-state index >= 15 is 0 Å². The SMILES string of the molecule is Cc1ccccc1CN1CCC(NC(=O)CCc2ccc(S(=O)(=O)N3CCOCC3)cc2)CC1. The Morgan fingerprint density at radius 1 is 1.00 bits per heavy atom. The lowest BCUT2D eigenvalue weighted by Crippen LogP contribution is -2.44. The molecule has 2 aromatic carbocycles. The fourth-order valence-corrected chi connectivity index (χ4v) is 5.99. The molecule has 2 heterocycles. The van der Waals surface area contributed by atoms with Gasteiger partial charge in [-0.2, -0.15) is 4.31 Å². The minimum Gasteiger partial charge on any atom is -0.379 e. The van der Waals surface area contributed by atoms with Crippen LogP contribution in [0.1, 0.15) is 36.0 Å². The van der Waals surface area contributed by atoms with Gasteiger partial charge >= 0.3 is 0 Å². The fraction of sp³-hybridized carbons (Fsp3) is 0.500. The number of nitrogens with zero attached hydrogens (tertiary/aromatic N) is 2. The monoisotopic (exact) mass is 485 g/mol. The summed E-state index contributed by atoms with van der Waals surface area (Å²) >= 11 is 0. The van der Waals surface area contributed by atoms with Crippen LogP contribution < -0.4 is 5.32 Å². The number of carbonyl (C=O) groups excluding carboxylic acids is 1. The van der Waals surface area contributed by atoms with Crippen LogP contribution in [-0.4, -0.2) is 69.0 Å². The van der Waals surface area contributed by atoms with E-state index < -0.39 is 10.0 Å². The molecule has 0 atom stereocenters. The van der Waals surface area contributed by atoms with Gasteiger partial charge in [-0.05, 0) is 55.0 Å². The van der Waals surface area contributed by atoms with Crippen molar-refractivity contribution in [1.29, 1.82) is 0 Å². The van der Waals surface area contributed by atoms with Crippen molar-refractivity contribution in [1.82, 2.24) is 14.5 Å². The zero-order valence-electron chi connectivity index (χ0n) is 19.9. The van der Waals surface area contributed by atoms with Crippen molar-refractivity contribution in [2.24, 2.45) is 0 Å². The Balaban J connectivity index is 1.20. The molecule has 2 aromatic rings. The second-order valence-corrected chi connectivity index (χ2v) is 11.1. The number of ether oxygens (including phenoxy) is 1. The second kappa shape index (κ2) is 11.4. The van der Waals surface area contributed by atoms with E-state index in [1.165, 1.54) is 15.4 Å². The summed E-state index contributed by atoms with van der Waals surface area (Å²) in [5.41, 5.74) is 3.66. The number of likely N-dealkylation sites (tertiary alicyclic amines) is 1. The van der Waals surface area contributed by atoms with Gasteiger partial charge in [-0.3, -0.25) is 9.69 Å². The quantitative estimate of drug-likeness (QED) is 0.622. The molecule has 0 aliphatic carbocycles. The van der Waals surface area contributed by atoms with Gasteiger partial charge in [0.1, 0.15) is 0 Å². The molecule has 2 aliphatic rings. The molecule has 1 amide bonds. The van der Waals surface area contributed by atoms with Crippen LogP contribution in [0.3, 0.4) is 0 Å². The van der Waals surface area contributed by atoms with Crippen molar-refractivity contribution in [3.8, 4) is 0 Å². The Kier molecular flexibility index (Phi) is 8.37. The molecule has 2 fully saturated rings. The number of nitrogens with one attached hydrogen (secondary N) is 1. The maximum absolute atomic E-state index is 12.7. The molecule has 34 heavy (non-hydrogen) atoms. The van der Waals surface area contributed by atoms with E-state index in [2.05, 4.69) is 41.4 Å². The molecule has 1 N–H and O–H groups in total. The summed E-state index contributed by atoms with van der Waals surface area (Å²) < 4.78 is 32.2. The van der Waals surface area contributed by atoms with E-state index in [0.29, 0.717) is 44.0 Å². The zero-order valence-corrected chi connectivity index (χ0v) is 20.7. The van der Waals surface area contributed by atoms with Crippen molar-refractivity contribution in [3.63, 3.8) is 0 Å². The summed E-state index contributed by atoms with van der Waals surface area (Å²) in [4.78, 5) is 15.2. The Morgan fingerprint density at radius 2 is 1.68 bits per heavy atom. The molecule has 2 saturated heterocycles. The predicted octanol–water partition coefficient (Wildman–Crippen LogP) is 2.73. The van der Waals surface area contributed by atoms with Gasteiger partial charge in [-0.25, -0.2) is 8.42 Å². The van der Waals surface area contributed by atoms with Gasteiger partial charge in [0.15, 0.2) is 0 Å². The highest BCUT2D eigenvalue weighted by molar-refractivity contribution is 7.89. The molecule has 0 saturated carbocycles. The molecule has 184 valence electrons. The van der Waals surface area contributed by atoms with Crippen LogP contribution in [0.5, 0.6) is 0 Å². The van der Waals surface area contributed by atoms with E-state index in [1.807, 2.05) is 12.1 Å². The molecule has 2 aliphatic heterocycles. The zero-order chi connectivity index (χ0) is 24.0. The Hall–Kier alpha value is -2.26. The van der Waals surface area contributed by atoms with Crippen molar-refractivity contribution < 1.29 is 17.9 Å². The Bertz CT molecular complexity index is 1060. The maximum atomic E-state index is 12.7. The van der Waals surface area contributed by atoms with Gasteiger partial charge in [0, 0.05) is 45.2 Å². The average molecular weight is 486 g/mol. The number of hydrogen-bond acceptors (Lipinski definition) is 5. The highest BCUT2D eigenvalue weighted by atomic mass is 32.2. The van der Waals surface area contributed by atoms with Crippen molar-refractivity contribution in [2.75, 3.05) is 39.4 Å². The Labute approximate surface area is 203 Å². The molecule has 0 spiro atoms. The summed E-state index contributed by atoms with van der Waals surface area (Å²) in [6.45, 7) is 6.71. The van der Waals surface area contributed by atoms with Crippen LogP contribution >= 0.6 is 0 Å². The van der Waals surface area contributed by atoms with Crippen LogP contribution in [0.15, 0.2) is 53.4 Å². The summed E-state index contributed by atoms with van der Waals surface area (Å²) in [7, 11) is -3.49. The lowest BCUT2D eigenvalue weighted by Gasteiger charge is -2.32. The minimum atomic E-state index is -3.49. The molecular weight excluding hydrogens is 450 g/mol. The van der Waals surface area contributed by atoms with Crippen LogP contribution in [-0.2, 0) is 32.5 Å². The number of benzene rings is 2. The molecule has 7 nitrogen and oxygen atoms in total. The number of amides is 1. The van der Waals surface area contributed by atoms with Gasteiger partial charge in [-0.1, -0.05) is 36.4 Å². The number of aryl methyl sites for hydroxylation is 2. The molecule has 0 unspecified atom stereocenters. The first-order chi connectivity index (χ1) is 16.4. The first-order valence-corrected chi connectivity index (χ1v) is 13.6. The third-order valence-corrected chi connectivity index (χ3v) is 8.69. The number of morpholine rings is 1. The fourth-order valence-electron chi connectivity index (χ4n) is 4.59. The number of rotatable bonds is 8. The summed E-state index contributed by atoms with van der Waals surface area (Å²) in [6, 6.07) is 15.6. The van der Waals surface area contributed by atoms with Crippen LogP contribution in [0.2, 0.25) is 0 Å². The second-order valence-electron chi connectivity index (χ2n) is 9.20. The van der Waals surface area contributed by atoms with Crippen LogP contribution in [0.25, 0.3) is 0 Å². The number of piperidine rings is 1. The van der Waals surface area contributed by atoms with Crippen molar-refractivity contribution >= 4 is 15.9 Å². The van der Waals surface area contributed by atoms with Crippen molar-refractivity contribution in [3.05, 3.63) is 65.2 Å². The predicted molar refractivity (Wildman–Crippen MR) is 132 cm³/mol. The molecule has 8 heteroatoms. The maximum Gasteiger partial charge on any atom is 0.243 e. The smallest absolute Gasteiger partial charge is 0.243 e. The van der Waals surface area contributed by atoms with E-state index in [9.17, 15) is 13.2 Å². The molecular formula is C26H35N3O4S. The first kappa shape index (κ1) is 24.9. The summed E-state index contributed by atoms with van der Waals surface area (Å²) in [5, 5.41) is 3.18. The summed E-state index contributed by atoms with van der Waals surface area (Å²) in [6.07, 6.45) is 2.92. The Morgan fingerprint density at radius 3 is 2.35 bits per heavy atom. The lowest BCUT2D eigenvalue weighted by atomic mass is 10.0. The topological polar surface area (TPSA) is 79.0 Å². The summed E-state index contributed by atoms with van der Waals surface area (Å²) in [5.74, 6) is 0.0577. The number of hydrogen-bond donors (Lipinski definition) is 1. The molecule has 0 radical (unpaired) electrons. The van der Waals surface area contributed by atoms with Gasteiger partial charge in [0.05, 0.1) is 18.1 Å². The number of carbonyl (C=O) groups is 1. The highest BCUT2D eigenvalue weighted by Crippen LogP contribution is 2.19. The largest absolute Gasteiger partial charge is 0.379 e. The molecule has 0 aromatic heterocycles. The van der Waals surface area contributed by atoms with Gasteiger partial charge in [0.2, 0.25) is 15.9 Å². The van der Waals surface area contributed by atoms with E-state index in [-0.39, 0.29) is 11.9 Å². The molecule has 0 bridgehead atoms. The van der Waals surface area contributed by atoms with E-state index in [4.69, 9.17) is 4.74 Å². The van der Waals surface area contributed by atoms with Crippen LogP contribution in [0, 0.1) is 6.92 Å². The van der Waals surface area contributed by atoms with Crippen molar-refractivity contribution in [2.45, 2.75) is 50.1 Å². The number of sulfonamides is 1. The third kappa shape index (κ3) is 6.44. The third-order valence-electron chi connectivity index (χ3n) is 6.78. The van der Waals surface area contributed by atoms with Gasteiger partial charge < -0.3 is 10.1 Å². The van der Waals surface area contributed by atoms with Crippen LogP contribution in [0.4, 0.5) is 0 Å². The highest BCUT2D eigenvalue weighted by Gasteiger charge is 2.26. The van der Waals surface area contributed by atoms with Gasteiger partial charge in [0.25, 0.3) is 0 Å². The van der Waals surface area contributed by atoms with Gasteiger partial charge in [-0.15, -0.1) is 0 Å². The molecule has 4 rings (SSSR count). The minimum absolute atomic E-state index is 0.0577. The lowest BCUT2D eigenvalue weighted by molar-refractivity contribution is -0.122. The van der Waals surface area contributed by atoms with E-state index in [0.717, 1.165) is 38.0 Å². The normalized spacial score (nSPS) is 18.6. The average Bonchev–Trinajstić information content (AvgIpc) is 2.86. The first-order valence-electron chi connectivity index (χ1n) is 12.1. The standard InChI is InChI=1S/C26H35N3O4S/c1-21-4-2-3-5-23(21)20-28-14-12-24(13-15-28)27-26(30)11-8-22-6-9-25(10-7-22)34(31,32)29-16-18-33-19-17-29/h2-7,9-10,24H,8,11-20H2,1H3,(H,27,30). The van der Waals surface area contributed by atoms with E-state index in [1.54, 1.807) is 12.1 Å².